The summed E-state index contributed by atoms with van der Waals surface area (Å²) >= 11 is 0. The fourth-order valence-corrected chi connectivity index (χ4v) is 1.25. The fourth-order valence-electron chi connectivity index (χ4n) is 1.25. The number of nitrogens with zero attached hydrogens (tertiary/aromatic N) is 2. The molecule has 0 atom stereocenters. The molecular formula is C12H28F3FeN4O5S+4. The molecule has 0 aromatic carbocycles. The van der Waals surface area contributed by atoms with Crippen LogP contribution in [-0.2, 0) is 32.7 Å². The smallest absolute Gasteiger partial charge is 0.846 e. The second kappa shape index (κ2) is 14.7. The number of hydrogen-bond donors (Lipinski definition) is 2. The van der Waals surface area contributed by atoms with Crippen LogP contribution in [0, 0.1) is 0 Å². The second-order valence-corrected chi connectivity index (χ2v) is 6.67. The molecule has 7 N–H and O–H groups in total. The van der Waals surface area contributed by atoms with E-state index in [0.717, 1.165) is 19.6 Å². The summed E-state index contributed by atoms with van der Waals surface area (Å²) in [4.78, 5) is 6.44. The van der Waals surface area contributed by atoms with Gasteiger partial charge in [0.2, 0.25) is 0 Å². The van der Waals surface area contributed by atoms with E-state index < -0.39 is 21.2 Å². The van der Waals surface area contributed by atoms with Crippen molar-refractivity contribution in [3.8, 4) is 0 Å². The average Bonchev–Trinajstić information content (AvgIpc) is 2.36. The van der Waals surface area contributed by atoms with E-state index in [9.17, 15) is 18.3 Å². The van der Waals surface area contributed by atoms with Crippen LogP contribution in [-0.4, -0.2) is 74.0 Å². The van der Waals surface area contributed by atoms with Gasteiger partial charge in [0, 0.05) is 32.7 Å². The van der Waals surface area contributed by atoms with Gasteiger partial charge in [0.1, 0.15) is 0 Å². The van der Waals surface area contributed by atoms with Gasteiger partial charge in [-0.2, -0.15) is 13.2 Å². The molecule has 0 aliphatic rings. The Morgan fingerprint density at radius 3 is 1.69 bits per heavy atom. The number of rotatable bonds is 8. The standard InChI is InChI=1S/C11H25N4O.CHF3O3S.Fe.H2O/c1-10(11(2,3)16)14-6-9-15(7-4-12)8-5-13;2-1(3,4)8(5,6)7;;/h4-9,12-13H2,1-3H3;(H,5,6,7);;1H2/q-1;;+5;. The molecule has 0 aromatic rings. The number of halogens is 3. The molecule has 0 heterocycles. The zero-order valence-corrected chi connectivity index (χ0v) is 16.8. The average molecular weight is 453 g/mol. The third kappa shape index (κ3) is 17.1. The van der Waals surface area contributed by atoms with Crippen molar-refractivity contribution in [1.82, 2.24) is 4.90 Å². The number of alkyl halides is 3. The van der Waals surface area contributed by atoms with Gasteiger partial charge in [-0.3, -0.25) is 9.89 Å². The van der Waals surface area contributed by atoms with Gasteiger partial charge >= 0.3 is 22.6 Å². The van der Waals surface area contributed by atoms with Crippen LogP contribution >= 0.6 is 0 Å². The maximum absolute atomic E-state index is 11.5. The Morgan fingerprint density at radius 1 is 1.12 bits per heavy atom. The van der Waals surface area contributed by atoms with Crippen molar-refractivity contribution in [3.63, 3.8) is 0 Å². The summed E-state index contributed by atoms with van der Waals surface area (Å²) in [7, 11) is -6.09. The van der Waals surface area contributed by atoms with E-state index >= 15 is 0 Å². The molecule has 9 nitrogen and oxygen atoms in total. The van der Waals surface area contributed by atoms with Gasteiger partial charge in [-0.05, 0) is 12.6 Å². The third-order valence-corrected chi connectivity index (χ3v) is 3.38. The van der Waals surface area contributed by atoms with Crippen LogP contribution in [0.2, 0.25) is 0 Å². The molecule has 0 amide bonds. The Hall–Kier alpha value is -0.311. The van der Waals surface area contributed by atoms with Crippen molar-refractivity contribution < 1.29 is 53.8 Å². The van der Waals surface area contributed by atoms with E-state index in [1.165, 1.54) is 0 Å². The largest absolute Gasteiger partial charge is 5.00 e. The first kappa shape index (κ1) is 33.3. The van der Waals surface area contributed by atoms with Gasteiger partial charge in [0.15, 0.2) is 10.1 Å². The van der Waals surface area contributed by atoms with E-state index in [2.05, 4.69) is 9.89 Å². The predicted molar refractivity (Wildman–Crippen MR) is 87.2 cm³/mol. The third-order valence-electron chi connectivity index (χ3n) is 2.81. The Morgan fingerprint density at radius 2 is 1.46 bits per heavy atom. The quantitative estimate of drug-likeness (QED) is 0.139. The molecule has 0 fully saturated rings. The summed E-state index contributed by atoms with van der Waals surface area (Å²) < 4.78 is 58.9. The fraction of sp³-hybridized carbons (Fsp3) is 0.917. The SMILES string of the molecule is CC(=NCCN(CCN)CCN)C(C)(C)[O-].O=S(=O)([O-])C(F)(F)F.[Fe+5].[OH3+]. The van der Waals surface area contributed by atoms with Gasteiger partial charge in [-0.1, -0.05) is 19.4 Å². The molecule has 157 valence electrons. The summed E-state index contributed by atoms with van der Waals surface area (Å²) in [5, 5.41) is 11.5. The zero-order chi connectivity index (χ0) is 19.6. The summed E-state index contributed by atoms with van der Waals surface area (Å²) in [6.45, 7) is 9.37. The molecule has 26 heavy (non-hydrogen) atoms. The van der Waals surface area contributed by atoms with Crippen molar-refractivity contribution in [1.29, 1.82) is 0 Å². The molecule has 14 heteroatoms. The normalized spacial score (nSPS) is 12.7. The van der Waals surface area contributed by atoms with Crippen molar-refractivity contribution in [2.24, 2.45) is 16.5 Å². The maximum Gasteiger partial charge on any atom is 5.00 e. The van der Waals surface area contributed by atoms with Gasteiger partial charge in [0.25, 0.3) is 0 Å². The van der Waals surface area contributed by atoms with Gasteiger partial charge < -0.3 is 26.6 Å². The second-order valence-electron chi connectivity index (χ2n) is 5.30. The van der Waals surface area contributed by atoms with Crippen molar-refractivity contribution in [2.75, 3.05) is 39.3 Å². The Kier molecular flexibility index (Phi) is 18.8. The van der Waals surface area contributed by atoms with Crippen LogP contribution in [0.5, 0.6) is 0 Å². The van der Waals surface area contributed by atoms with Crippen molar-refractivity contribution >= 4 is 15.8 Å². The zero-order valence-electron chi connectivity index (χ0n) is 14.9. The molecule has 0 saturated carbocycles. The minimum absolute atomic E-state index is 0. The molecule has 0 rings (SSSR count). The van der Waals surface area contributed by atoms with E-state index in [1.54, 1.807) is 20.8 Å². The van der Waals surface area contributed by atoms with Gasteiger partial charge in [0.05, 0.1) is 6.54 Å². The van der Waals surface area contributed by atoms with Crippen LogP contribution in [0.25, 0.3) is 0 Å². The topological polar surface area (TPSA) is 181 Å². The Labute approximate surface area is 162 Å². The molecule has 0 saturated heterocycles. The summed E-state index contributed by atoms with van der Waals surface area (Å²) in [6.07, 6.45) is 0. The number of hydrogen-bond acceptors (Lipinski definition) is 8. The first-order chi connectivity index (χ1) is 10.7. The Balaban J connectivity index is -0.000000208. The van der Waals surface area contributed by atoms with Crippen LogP contribution in [0.3, 0.4) is 0 Å². The summed E-state index contributed by atoms with van der Waals surface area (Å²) in [6, 6.07) is 0. The van der Waals surface area contributed by atoms with Crippen LogP contribution in [0.1, 0.15) is 20.8 Å². The molecule has 0 aliphatic carbocycles. The van der Waals surface area contributed by atoms with E-state index in [1.807, 2.05) is 0 Å². The molecular weight excluding hydrogens is 425 g/mol. The predicted octanol–water partition coefficient (Wildman–Crippen LogP) is -2.07. The van der Waals surface area contributed by atoms with Crippen molar-refractivity contribution in [2.45, 2.75) is 31.9 Å². The molecule has 0 aromatic heterocycles. The minimum Gasteiger partial charge on any atom is -0.846 e. The van der Waals surface area contributed by atoms with Crippen LogP contribution < -0.4 is 16.6 Å². The number of aliphatic imine (C=N–C) groups is 1. The molecule has 0 spiro atoms. The van der Waals surface area contributed by atoms with Crippen LogP contribution in [0.15, 0.2) is 4.99 Å². The molecule has 0 bridgehead atoms. The minimum atomic E-state index is -6.09. The van der Waals surface area contributed by atoms with Gasteiger partial charge in [-0.15, -0.1) is 0 Å². The van der Waals surface area contributed by atoms with E-state index in [4.69, 9.17) is 24.4 Å². The van der Waals surface area contributed by atoms with Crippen LogP contribution in [0.4, 0.5) is 13.2 Å². The number of nitrogens with two attached hydrogens (primary N) is 2. The molecule has 0 aliphatic heterocycles. The first-order valence-corrected chi connectivity index (χ1v) is 8.44. The summed E-state index contributed by atoms with van der Waals surface area (Å²) in [5.41, 5.74) is 4.91. The monoisotopic (exact) mass is 453 g/mol. The summed E-state index contributed by atoms with van der Waals surface area (Å²) in [5.74, 6) is 0. The van der Waals surface area contributed by atoms with Gasteiger partial charge in [-0.25, -0.2) is 8.42 Å². The molecule has 0 unspecified atom stereocenters. The molecule has 1 radical (unpaired) electrons. The van der Waals surface area contributed by atoms with E-state index in [-0.39, 0.29) is 22.5 Å². The van der Waals surface area contributed by atoms with Crippen molar-refractivity contribution in [3.05, 3.63) is 0 Å². The maximum atomic E-state index is 11.5. The Bertz CT molecular complexity index is 478. The van der Waals surface area contributed by atoms with E-state index in [0.29, 0.717) is 25.3 Å². The first-order valence-electron chi connectivity index (χ1n) is 7.03.